The van der Waals surface area contributed by atoms with Crippen LogP contribution >= 0.6 is 0 Å². The van der Waals surface area contributed by atoms with Crippen molar-refractivity contribution < 1.29 is 0 Å². The molecule has 0 radical (unpaired) electrons. The molecule has 0 saturated heterocycles. The predicted octanol–water partition coefficient (Wildman–Crippen LogP) is 5.20. The first-order valence-electron chi connectivity index (χ1n) is 9.27. The number of fused-ring (bicyclic) bond motifs is 6. The molecule has 1 fully saturated rings. The Bertz CT molecular complexity index is 907. The molecule has 0 aromatic heterocycles. The maximum absolute atomic E-state index is 2.53. The molecule has 1 saturated carbocycles. The van der Waals surface area contributed by atoms with Crippen LogP contribution < -0.4 is 4.90 Å². The third-order valence-corrected chi connectivity index (χ3v) is 7.18. The zero-order valence-corrected chi connectivity index (χ0v) is 15.8. The van der Waals surface area contributed by atoms with Crippen molar-refractivity contribution in [2.24, 2.45) is 5.41 Å². The number of benzene rings is 2. The van der Waals surface area contributed by atoms with E-state index < -0.39 is 0 Å². The van der Waals surface area contributed by atoms with Crippen LogP contribution in [0.2, 0.25) is 0 Å². The number of nitrogens with zero attached hydrogens (tertiary/aromatic N) is 2. The van der Waals surface area contributed by atoms with Gasteiger partial charge in [0.1, 0.15) is 6.17 Å². The molecule has 2 heterocycles. The Labute approximate surface area is 150 Å². The van der Waals surface area contributed by atoms with Gasteiger partial charge in [-0.1, -0.05) is 50.2 Å². The lowest BCUT2D eigenvalue weighted by Gasteiger charge is -2.44. The zero-order chi connectivity index (χ0) is 17.6. The van der Waals surface area contributed by atoms with Gasteiger partial charge in [0.2, 0.25) is 0 Å². The fraction of sp³-hybridized carbons (Fsp3) is 0.391. The Balaban J connectivity index is 1.82. The highest BCUT2D eigenvalue weighted by atomic mass is 15.4. The van der Waals surface area contributed by atoms with E-state index in [0.29, 0.717) is 11.6 Å². The number of anilines is 1. The van der Waals surface area contributed by atoms with Crippen molar-refractivity contribution in [1.82, 2.24) is 4.90 Å². The van der Waals surface area contributed by atoms with Crippen molar-refractivity contribution >= 4 is 5.69 Å². The van der Waals surface area contributed by atoms with E-state index in [-0.39, 0.29) is 5.41 Å². The first-order valence-corrected chi connectivity index (χ1v) is 9.27. The first kappa shape index (κ1) is 15.1. The summed E-state index contributed by atoms with van der Waals surface area (Å²) in [6.45, 7) is 9.39. The van der Waals surface area contributed by atoms with Gasteiger partial charge in [-0.2, -0.15) is 0 Å². The van der Waals surface area contributed by atoms with Gasteiger partial charge in [-0.25, -0.2) is 0 Å². The Morgan fingerprint density at radius 1 is 0.960 bits per heavy atom. The quantitative estimate of drug-likeness (QED) is 0.709. The van der Waals surface area contributed by atoms with Crippen molar-refractivity contribution in [1.29, 1.82) is 0 Å². The number of aryl methyl sites for hydroxylation is 2. The second-order valence-electron chi connectivity index (χ2n) is 8.64. The number of para-hydroxylation sites is 1. The van der Waals surface area contributed by atoms with Crippen molar-refractivity contribution in [3.63, 3.8) is 0 Å². The summed E-state index contributed by atoms with van der Waals surface area (Å²) in [5, 5.41) is 0. The first-order chi connectivity index (χ1) is 11.9. The van der Waals surface area contributed by atoms with E-state index in [0.717, 1.165) is 0 Å². The Hall–Kier alpha value is -2.22. The average molecular weight is 330 g/mol. The molecule has 0 bridgehead atoms. The SMILES string of the molecule is Cc1cccc(C)c1-c1cccc2c1N1C=CN(C)C1C1(C)CC21C. The molecule has 2 aromatic carbocycles. The number of rotatable bonds is 1. The van der Waals surface area contributed by atoms with Crippen molar-refractivity contribution in [2.45, 2.75) is 45.7 Å². The summed E-state index contributed by atoms with van der Waals surface area (Å²) in [4.78, 5) is 4.93. The molecule has 2 nitrogen and oxygen atoms in total. The normalized spacial score (nSPS) is 31.6. The molecular weight excluding hydrogens is 304 g/mol. The van der Waals surface area contributed by atoms with Gasteiger partial charge in [0.25, 0.3) is 0 Å². The van der Waals surface area contributed by atoms with E-state index in [2.05, 4.69) is 93.3 Å². The molecule has 1 aliphatic carbocycles. The van der Waals surface area contributed by atoms with Gasteiger partial charge in [-0.3, -0.25) is 0 Å². The minimum absolute atomic E-state index is 0.274. The summed E-state index contributed by atoms with van der Waals surface area (Å²) in [7, 11) is 2.22. The van der Waals surface area contributed by atoms with Gasteiger partial charge in [0.05, 0.1) is 5.69 Å². The third-order valence-electron chi connectivity index (χ3n) is 7.18. The van der Waals surface area contributed by atoms with Gasteiger partial charge in [0, 0.05) is 35.8 Å². The van der Waals surface area contributed by atoms with Crippen LogP contribution in [-0.2, 0) is 5.41 Å². The summed E-state index contributed by atoms with van der Waals surface area (Å²) in [5.74, 6) is 0. The van der Waals surface area contributed by atoms with Crippen LogP contribution in [-0.4, -0.2) is 18.1 Å². The van der Waals surface area contributed by atoms with Crippen molar-refractivity contribution in [3.8, 4) is 11.1 Å². The Morgan fingerprint density at radius 3 is 2.36 bits per heavy atom. The van der Waals surface area contributed by atoms with Crippen LogP contribution in [0.3, 0.4) is 0 Å². The highest BCUT2D eigenvalue weighted by Crippen LogP contribution is 2.73. The summed E-state index contributed by atoms with van der Waals surface area (Å²) in [6, 6.07) is 13.6. The zero-order valence-electron chi connectivity index (χ0n) is 15.8. The van der Waals surface area contributed by atoms with Crippen molar-refractivity contribution in [2.75, 3.05) is 11.9 Å². The number of hydrogen-bond donors (Lipinski definition) is 0. The maximum atomic E-state index is 2.53. The lowest BCUT2D eigenvalue weighted by atomic mass is 9.79. The largest absolute Gasteiger partial charge is 0.358 e. The molecule has 2 heteroatoms. The molecule has 0 N–H and O–H groups in total. The summed E-state index contributed by atoms with van der Waals surface area (Å²) < 4.78 is 0. The highest BCUT2D eigenvalue weighted by Gasteiger charge is 2.71. The van der Waals surface area contributed by atoms with E-state index in [9.17, 15) is 0 Å². The van der Waals surface area contributed by atoms with Crippen LogP contribution in [0.5, 0.6) is 0 Å². The lowest BCUT2D eigenvalue weighted by Crippen LogP contribution is -2.49. The molecule has 3 aliphatic rings. The fourth-order valence-corrected chi connectivity index (χ4v) is 5.67. The van der Waals surface area contributed by atoms with Gasteiger partial charge in [-0.15, -0.1) is 0 Å². The molecular formula is C23H26N2. The molecule has 0 spiro atoms. The monoisotopic (exact) mass is 330 g/mol. The predicted molar refractivity (Wildman–Crippen MR) is 105 cm³/mol. The lowest BCUT2D eigenvalue weighted by molar-refractivity contribution is 0.220. The molecule has 5 rings (SSSR count). The van der Waals surface area contributed by atoms with E-state index in [1.165, 1.54) is 39.9 Å². The molecule has 3 atom stereocenters. The van der Waals surface area contributed by atoms with Crippen LogP contribution in [0.1, 0.15) is 37.0 Å². The second kappa shape index (κ2) is 4.49. The van der Waals surface area contributed by atoms with Gasteiger partial charge in [0.15, 0.2) is 0 Å². The van der Waals surface area contributed by atoms with Crippen molar-refractivity contribution in [3.05, 3.63) is 65.5 Å². The standard InChI is InChI=1S/C23H26N2/c1-15-8-6-9-16(2)19(15)17-10-7-11-18-20(17)25-13-12-24(5)21(25)23(4)14-22(18,23)3/h6-13,21H,14H2,1-5H3. The van der Waals surface area contributed by atoms with Crippen LogP contribution in [0, 0.1) is 19.3 Å². The molecule has 2 aromatic rings. The molecule has 128 valence electrons. The highest BCUT2D eigenvalue weighted by molar-refractivity contribution is 5.88. The van der Waals surface area contributed by atoms with Gasteiger partial charge < -0.3 is 9.80 Å². The molecule has 25 heavy (non-hydrogen) atoms. The van der Waals surface area contributed by atoms with Gasteiger partial charge >= 0.3 is 0 Å². The fourth-order valence-electron chi connectivity index (χ4n) is 5.67. The van der Waals surface area contributed by atoms with E-state index in [4.69, 9.17) is 0 Å². The smallest absolute Gasteiger partial charge is 0.111 e. The summed E-state index contributed by atoms with van der Waals surface area (Å²) in [5.41, 5.74) is 9.02. The molecule has 0 amide bonds. The summed E-state index contributed by atoms with van der Waals surface area (Å²) in [6.07, 6.45) is 6.21. The molecule has 2 aliphatic heterocycles. The summed E-state index contributed by atoms with van der Waals surface area (Å²) >= 11 is 0. The number of hydrogen-bond acceptors (Lipinski definition) is 2. The minimum atomic E-state index is 0.274. The third kappa shape index (κ3) is 1.65. The van der Waals surface area contributed by atoms with Crippen LogP contribution in [0.15, 0.2) is 48.8 Å². The van der Waals surface area contributed by atoms with E-state index >= 15 is 0 Å². The second-order valence-corrected chi connectivity index (χ2v) is 8.64. The van der Waals surface area contributed by atoms with E-state index in [1.54, 1.807) is 0 Å². The van der Waals surface area contributed by atoms with Crippen LogP contribution in [0.25, 0.3) is 11.1 Å². The Morgan fingerprint density at radius 2 is 1.64 bits per heavy atom. The average Bonchev–Trinajstić information content (AvgIpc) is 2.94. The topological polar surface area (TPSA) is 6.48 Å². The van der Waals surface area contributed by atoms with Gasteiger partial charge in [-0.05, 0) is 42.5 Å². The van der Waals surface area contributed by atoms with E-state index in [1.807, 2.05) is 0 Å². The Kier molecular flexibility index (Phi) is 2.70. The molecule has 3 unspecified atom stereocenters. The maximum Gasteiger partial charge on any atom is 0.111 e. The minimum Gasteiger partial charge on any atom is -0.358 e. The van der Waals surface area contributed by atoms with Crippen LogP contribution in [0.4, 0.5) is 5.69 Å².